The summed E-state index contributed by atoms with van der Waals surface area (Å²) in [6.07, 6.45) is 3.03. The van der Waals surface area contributed by atoms with Crippen LogP contribution in [0.3, 0.4) is 0 Å². The first-order valence-corrected chi connectivity index (χ1v) is 8.61. The highest BCUT2D eigenvalue weighted by Gasteiger charge is 2.17. The zero-order chi connectivity index (χ0) is 18.5. The summed E-state index contributed by atoms with van der Waals surface area (Å²) in [5, 5.41) is 13.6. The highest BCUT2D eigenvalue weighted by atomic mass is 35.5. The second-order valence-corrected chi connectivity index (χ2v) is 6.46. The molecule has 0 saturated heterocycles. The van der Waals surface area contributed by atoms with Crippen LogP contribution in [0.1, 0.15) is 12.0 Å². The maximum Gasteiger partial charge on any atom is 0.271 e. The van der Waals surface area contributed by atoms with Crippen LogP contribution in [0, 0.1) is 10.1 Å². The van der Waals surface area contributed by atoms with Gasteiger partial charge in [0.25, 0.3) is 5.69 Å². The van der Waals surface area contributed by atoms with Crippen LogP contribution in [-0.4, -0.2) is 35.4 Å². The predicted molar refractivity (Wildman–Crippen MR) is 102 cm³/mol. The maximum atomic E-state index is 12.2. The van der Waals surface area contributed by atoms with Gasteiger partial charge in [0, 0.05) is 25.2 Å². The molecule has 0 bridgehead atoms. The molecule has 2 aromatic carbocycles. The summed E-state index contributed by atoms with van der Waals surface area (Å²) in [4.78, 5) is 24.5. The first-order chi connectivity index (χ1) is 12.5. The molecule has 2 aromatic rings. The van der Waals surface area contributed by atoms with Gasteiger partial charge in [-0.05, 0) is 23.6 Å². The van der Waals surface area contributed by atoms with Crippen molar-refractivity contribution in [3.63, 3.8) is 0 Å². The Hall–Kier alpha value is -2.70. The first-order valence-electron chi connectivity index (χ1n) is 8.23. The van der Waals surface area contributed by atoms with Gasteiger partial charge in [-0.3, -0.25) is 19.8 Å². The Labute approximate surface area is 156 Å². The van der Waals surface area contributed by atoms with Crippen LogP contribution in [0.2, 0.25) is 5.02 Å². The lowest BCUT2D eigenvalue weighted by atomic mass is 10.00. The van der Waals surface area contributed by atoms with Gasteiger partial charge in [0.2, 0.25) is 5.91 Å². The van der Waals surface area contributed by atoms with Gasteiger partial charge in [0.15, 0.2) is 0 Å². The molecule has 0 atom stereocenters. The lowest BCUT2D eigenvalue weighted by molar-refractivity contribution is -0.384. The van der Waals surface area contributed by atoms with Crippen molar-refractivity contribution >= 4 is 34.5 Å². The Balaban J connectivity index is 1.56. The normalized spacial score (nSPS) is 14.6. The van der Waals surface area contributed by atoms with Crippen LogP contribution >= 0.6 is 11.6 Å². The fraction of sp³-hybridized carbons (Fsp3) is 0.211. The minimum Gasteiger partial charge on any atom is -0.324 e. The average molecular weight is 372 g/mol. The monoisotopic (exact) mass is 371 g/mol. The number of hydrogen-bond donors (Lipinski definition) is 1. The van der Waals surface area contributed by atoms with E-state index in [-0.39, 0.29) is 23.2 Å². The number of carbonyl (C=O) groups excluding carboxylic acids is 1. The standard InChI is InChI=1S/C19H18ClN3O3/c20-17-12-16(23(25)26)6-7-18(17)21-19(24)13-22-10-8-15(9-11-22)14-4-2-1-3-5-14/h1-8,12H,9-11,13H2,(H,21,24). The van der Waals surface area contributed by atoms with Crippen LogP contribution in [0.4, 0.5) is 11.4 Å². The molecule has 6 nitrogen and oxygen atoms in total. The Morgan fingerprint density at radius 1 is 1.23 bits per heavy atom. The summed E-state index contributed by atoms with van der Waals surface area (Å²) in [5.41, 5.74) is 2.78. The summed E-state index contributed by atoms with van der Waals surface area (Å²) < 4.78 is 0. The van der Waals surface area contributed by atoms with E-state index in [1.807, 2.05) is 23.1 Å². The lowest BCUT2D eigenvalue weighted by Gasteiger charge is -2.26. The van der Waals surface area contributed by atoms with E-state index in [1.54, 1.807) is 0 Å². The van der Waals surface area contributed by atoms with E-state index >= 15 is 0 Å². The number of halogens is 1. The smallest absolute Gasteiger partial charge is 0.271 e. The molecular weight excluding hydrogens is 354 g/mol. The molecule has 3 rings (SSSR count). The Kier molecular flexibility index (Phi) is 5.65. The molecule has 1 heterocycles. The number of hydrogen-bond acceptors (Lipinski definition) is 4. The van der Waals surface area contributed by atoms with Crippen molar-refractivity contribution in [3.05, 3.63) is 75.3 Å². The number of anilines is 1. The minimum atomic E-state index is -0.526. The number of benzene rings is 2. The van der Waals surface area contributed by atoms with Crippen LogP contribution in [-0.2, 0) is 4.79 Å². The quantitative estimate of drug-likeness (QED) is 0.637. The maximum absolute atomic E-state index is 12.2. The van der Waals surface area contributed by atoms with Crippen molar-refractivity contribution in [1.29, 1.82) is 0 Å². The van der Waals surface area contributed by atoms with E-state index in [9.17, 15) is 14.9 Å². The molecule has 7 heteroatoms. The van der Waals surface area contributed by atoms with E-state index in [4.69, 9.17) is 11.6 Å². The molecule has 1 amide bonds. The van der Waals surface area contributed by atoms with Crippen molar-refractivity contribution in [2.24, 2.45) is 0 Å². The van der Waals surface area contributed by atoms with Crippen LogP contribution in [0.25, 0.3) is 5.57 Å². The third kappa shape index (κ3) is 4.47. The van der Waals surface area contributed by atoms with Crippen LogP contribution in [0.15, 0.2) is 54.6 Å². The topological polar surface area (TPSA) is 75.5 Å². The van der Waals surface area contributed by atoms with E-state index < -0.39 is 4.92 Å². The highest BCUT2D eigenvalue weighted by Crippen LogP contribution is 2.27. The van der Waals surface area contributed by atoms with E-state index in [1.165, 1.54) is 29.3 Å². The minimum absolute atomic E-state index is 0.109. The van der Waals surface area contributed by atoms with Gasteiger partial charge in [-0.25, -0.2) is 0 Å². The molecular formula is C19H18ClN3O3. The molecule has 0 aliphatic carbocycles. The fourth-order valence-electron chi connectivity index (χ4n) is 2.88. The van der Waals surface area contributed by atoms with Crippen molar-refractivity contribution < 1.29 is 9.72 Å². The lowest BCUT2D eigenvalue weighted by Crippen LogP contribution is -2.36. The van der Waals surface area contributed by atoms with Gasteiger partial charge < -0.3 is 5.32 Å². The number of nitrogens with zero attached hydrogens (tertiary/aromatic N) is 2. The summed E-state index contributed by atoms with van der Waals surface area (Å²) in [7, 11) is 0. The van der Waals surface area contributed by atoms with E-state index in [2.05, 4.69) is 23.5 Å². The number of nitrogens with one attached hydrogen (secondary N) is 1. The predicted octanol–water partition coefficient (Wildman–Crippen LogP) is 3.98. The highest BCUT2D eigenvalue weighted by molar-refractivity contribution is 6.34. The van der Waals surface area contributed by atoms with Gasteiger partial charge in [-0.15, -0.1) is 0 Å². The van der Waals surface area contributed by atoms with Gasteiger partial charge in [-0.2, -0.15) is 0 Å². The Morgan fingerprint density at radius 2 is 2.00 bits per heavy atom. The van der Waals surface area contributed by atoms with Crippen molar-refractivity contribution in [3.8, 4) is 0 Å². The zero-order valence-corrected chi connectivity index (χ0v) is 14.8. The number of amides is 1. The van der Waals surface area contributed by atoms with Crippen LogP contribution in [0.5, 0.6) is 0 Å². The number of nitro groups is 1. The molecule has 26 heavy (non-hydrogen) atoms. The van der Waals surface area contributed by atoms with Gasteiger partial charge in [0.05, 0.1) is 22.2 Å². The molecule has 1 N–H and O–H groups in total. The van der Waals surface area contributed by atoms with Crippen molar-refractivity contribution in [2.45, 2.75) is 6.42 Å². The molecule has 134 valence electrons. The molecule has 0 unspecified atom stereocenters. The zero-order valence-electron chi connectivity index (χ0n) is 14.0. The number of carbonyl (C=O) groups is 1. The molecule has 1 aliphatic rings. The molecule has 0 spiro atoms. The fourth-order valence-corrected chi connectivity index (χ4v) is 3.10. The number of nitro benzene ring substituents is 1. The molecule has 0 fully saturated rings. The SMILES string of the molecule is O=C(CN1CC=C(c2ccccc2)CC1)Nc1ccc([N+](=O)[O-])cc1Cl. The number of non-ortho nitro benzene ring substituents is 1. The van der Waals surface area contributed by atoms with Gasteiger partial charge >= 0.3 is 0 Å². The molecule has 0 aromatic heterocycles. The van der Waals surface area contributed by atoms with E-state index in [0.717, 1.165) is 13.0 Å². The number of rotatable bonds is 5. The summed E-state index contributed by atoms with van der Waals surface area (Å²) in [6.45, 7) is 1.74. The third-order valence-electron chi connectivity index (χ3n) is 4.24. The second kappa shape index (κ2) is 8.12. The largest absolute Gasteiger partial charge is 0.324 e. The Bertz CT molecular complexity index is 852. The van der Waals surface area contributed by atoms with Crippen molar-refractivity contribution in [2.75, 3.05) is 25.0 Å². The molecule has 1 aliphatic heterocycles. The summed E-state index contributed by atoms with van der Waals surface area (Å²) >= 11 is 6.00. The van der Waals surface area contributed by atoms with E-state index in [0.29, 0.717) is 12.2 Å². The van der Waals surface area contributed by atoms with Crippen LogP contribution < -0.4 is 5.32 Å². The van der Waals surface area contributed by atoms with Crippen molar-refractivity contribution in [1.82, 2.24) is 4.90 Å². The molecule has 0 saturated carbocycles. The summed E-state index contributed by atoms with van der Waals surface area (Å²) in [6, 6.07) is 14.2. The van der Waals surface area contributed by atoms with Gasteiger partial charge in [-0.1, -0.05) is 48.0 Å². The third-order valence-corrected chi connectivity index (χ3v) is 4.56. The second-order valence-electron chi connectivity index (χ2n) is 6.05. The van der Waals surface area contributed by atoms with Gasteiger partial charge in [0.1, 0.15) is 0 Å². The first kappa shape index (κ1) is 18.1. The summed E-state index contributed by atoms with van der Waals surface area (Å²) in [5.74, 6) is -0.197. The average Bonchev–Trinajstić information content (AvgIpc) is 2.64. The molecule has 0 radical (unpaired) electrons. The Morgan fingerprint density at radius 3 is 2.62 bits per heavy atom.